The van der Waals surface area contributed by atoms with Crippen molar-refractivity contribution in [3.63, 3.8) is 0 Å². The van der Waals surface area contributed by atoms with Crippen molar-refractivity contribution < 1.29 is 17.6 Å². The van der Waals surface area contributed by atoms with Crippen molar-refractivity contribution in [2.24, 2.45) is 0 Å². The monoisotopic (exact) mass is 256 g/mol. The largest absolute Gasteiger partial charge is 0.419 e. The number of nitrogen functional groups attached to an aromatic ring is 1. The predicted molar refractivity (Wildman–Crippen MR) is 59.0 cm³/mol. The van der Waals surface area contributed by atoms with Gasteiger partial charge in [0.1, 0.15) is 5.82 Å². The first-order valence-electron chi connectivity index (χ1n) is 4.96. The molecule has 0 unspecified atom stereocenters. The Hall–Kier alpha value is -2.11. The first kappa shape index (κ1) is 12.3. The van der Waals surface area contributed by atoms with E-state index in [1.165, 1.54) is 24.5 Å². The Morgan fingerprint density at radius 3 is 2.44 bits per heavy atom. The van der Waals surface area contributed by atoms with Gasteiger partial charge in [0.25, 0.3) is 0 Å². The number of pyridine rings is 1. The number of alkyl halides is 3. The molecule has 0 fully saturated rings. The zero-order valence-electron chi connectivity index (χ0n) is 9.00. The van der Waals surface area contributed by atoms with Crippen LogP contribution in [0.25, 0.3) is 11.1 Å². The van der Waals surface area contributed by atoms with Crippen molar-refractivity contribution in [3.8, 4) is 11.1 Å². The Morgan fingerprint density at radius 1 is 1.11 bits per heavy atom. The fraction of sp³-hybridized carbons (Fsp3) is 0.0833. The summed E-state index contributed by atoms with van der Waals surface area (Å²) in [6.07, 6.45) is -2.14. The maximum Gasteiger partial charge on any atom is 0.419 e. The van der Waals surface area contributed by atoms with Gasteiger partial charge in [0.05, 0.1) is 11.3 Å². The molecule has 1 aromatic heterocycles. The number of rotatable bonds is 1. The van der Waals surface area contributed by atoms with E-state index in [0.29, 0.717) is 6.07 Å². The van der Waals surface area contributed by atoms with Gasteiger partial charge in [-0.3, -0.25) is 4.98 Å². The van der Waals surface area contributed by atoms with Gasteiger partial charge in [-0.25, -0.2) is 4.39 Å². The summed E-state index contributed by atoms with van der Waals surface area (Å²) in [6.45, 7) is 0. The second kappa shape index (κ2) is 4.29. The van der Waals surface area contributed by atoms with Crippen molar-refractivity contribution in [3.05, 3.63) is 48.0 Å². The minimum Gasteiger partial charge on any atom is -0.397 e. The number of benzene rings is 1. The molecule has 0 aliphatic carbocycles. The van der Waals surface area contributed by atoms with Gasteiger partial charge >= 0.3 is 6.18 Å². The molecule has 0 amide bonds. The van der Waals surface area contributed by atoms with Crippen LogP contribution in [0.5, 0.6) is 0 Å². The highest BCUT2D eigenvalue weighted by molar-refractivity contribution is 5.67. The molecule has 6 heteroatoms. The summed E-state index contributed by atoms with van der Waals surface area (Å²) in [4.78, 5) is 3.72. The van der Waals surface area contributed by atoms with Crippen LogP contribution in [0, 0.1) is 5.82 Å². The standard InChI is InChI=1S/C12H8F4N2/c13-11-9(7-4-8(17)6-18-5-7)2-1-3-10(11)12(14,15)16/h1-6H,17H2. The van der Waals surface area contributed by atoms with Crippen LogP contribution in [0.15, 0.2) is 36.7 Å². The third-order valence-corrected chi connectivity index (χ3v) is 2.37. The van der Waals surface area contributed by atoms with E-state index in [-0.39, 0.29) is 16.8 Å². The van der Waals surface area contributed by atoms with Crippen molar-refractivity contribution in [2.45, 2.75) is 6.18 Å². The second-order valence-corrected chi connectivity index (χ2v) is 3.67. The maximum absolute atomic E-state index is 13.8. The summed E-state index contributed by atoms with van der Waals surface area (Å²) in [5, 5.41) is 0. The number of nitrogens with zero attached hydrogens (tertiary/aromatic N) is 1. The molecule has 0 atom stereocenters. The summed E-state index contributed by atoms with van der Waals surface area (Å²) in [5.41, 5.74) is 4.44. The molecule has 0 aliphatic rings. The first-order chi connectivity index (χ1) is 8.39. The fourth-order valence-corrected chi connectivity index (χ4v) is 1.58. The minimum absolute atomic E-state index is 0.176. The van der Waals surface area contributed by atoms with Gasteiger partial charge < -0.3 is 5.73 Å². The second-order valence-electron chi connectivity index (χ2n) is 3.67. The van der Waals surface area contributed by atoms with Crippen LogP contribution in [-0.2, 0) is 6.18 Å². The van der Waals surface area contributed by atoms with Crippen LogP contribution in [-0.4, -0.2) is 4.98 Å². The van der Waals surface area contributed by atoms with Gasteiger partial charge in [0.2, 0.25) is 0 Å². The molecule has 0 saturated heterocycles. The van der Waals surface area contributed by atoms with Crippen LogP contribution >= 0.6 is 0 Å². The van der Waals surface area contributed by atoms with Crippen molar-refractivity contribution in [1.29, 1.82) is 0 Å². The highest BCUT2D eigenvalue weighted by Crippen LogP contribution is 2.35. The van der Waals surface area contributed by atoms with E-state index in [2.05, 4.69) is 4.98 Å². The molecule has 2 nitrogen and oxygen atoms in total. The smallest absolute Gasteiger partial charge is 0.397 e. The molecule has 18 heavy (non-hydrogen) atoms. The fourth-order valence-electron chi connectivity index (χ4n) is 1.58. The molecule has 0 radical (unpaired) electrons. The lowest BCUT2D eigenvalue weighted by atomic mass is 10.0. The Labute approximate surface area is 100 Å². The van der Waals surface area contributed by atoms with Gasteiger partial charge in [-0.1, -0.05) is 12.1 Å². The zero-order chi connectivity index (χ0) is 13.3. The summed E-state index contributed by atoms with van der Waals surface area (Å²) in [5.74, 6) is -1.32. The summed E-state index contributed by atoms with van der Waals surface area (Å²) < 4.78 is 51.4. The van der Waals surface area contributed by atoms with E-state index in [1.807, 2.05) is 0 Å². The molecule has 94 valence electrons. The Bertz CT molecular complexity index is 579. The molecular weight excluding hydrogens is 248 g/mol. The van der Waals surface area contributed by atoms with Crippen LogP contribution in [0.4, 0.5) is 23.2 Å². The topological polar surface area (TPSA) is 38.9 Å². The molecule has 0 bridgehead atoms. The first-order valence-corrected chi connectivity index (χ1v) is 4.96. The van der Waals surface area contributed by atoms with Crippen molar-refractivity contribution in [1.82, 2.24) is 4.98 Å². The molecule has 0 spiro atoms. The Balaban J connectivity index is 2.60. The molecule has 0 saturated carbocycles. The van der Waals surface area contributed by atoms with Crippen molar-refractivity contribution >= 4 is 5.69 Å². The lowest BCUT2D eigenvalue weighted by molar-refractivity contribution is -0.139. The summed E-state index contributed by atoms with van der Waals surface area (Å²) in [7, 11) is 0. The number of aromatic nitrogens is 1. The van der Waals surface area contributed by atoms with Crippen LogP contribution in [0.1, 0.15) is 5.56 Å². The third-order valence-electron chi connectivity index (χ3n) is 2.37. The number of halogens is 4. The van der Waals surface area contributed by atoms with E-state index in [4.69, 9.17) is 5.73 Å². The quantitative estimate of drug-likeness (QED) is 0.793. The highest BCUT2D eigenvalue weighted by atomic mass is 19.4. The SMILES string of the molecule is Nc1cncc(-c2cccc(C(F)(F)F)c2F)c1. The normalized spacial score (nSPS) is 11.6. The van der Waals surface area contributed by atoms with Crippen molar-refractivity contribution in [2.75, 3.05) is 5.73 Å². The molecule has 0 aliphatic heterocycles. The van der Waals surface area contributed by atoms with Gasteiger partial charge in [-0.2, -0.15) is 13.2 Å². The molecule has 2 rings (SSSR count). The minimum atomic E-state index is -4.73. The lowest BCUT2D eigenvalue weighted by Gasteiger charge is -2.11. The number of anilines is 1. The van der Waals surface area contributed by atoms with Gasteiger partial charge in [-0.05, 0) is 12.1 Å². The highest BCUT2D eigenvalue weighted by Gasteiger charge is 2.34. The molecule has 1 heterocycles. The van der Waals surface area contributed by atoms with E-state index in [0.717, 1.165) is 6.07 Å². The Morgan fingerprint density at radius 2 is 1.83 bits per heavy atom. The maximum atomic E-state index is 13.8. The molecule has 1 aromatic carbocycles. The lowest BCUT2D eigenvalue weighted by Crippen LogP contribution is -2.08. The van der Waals surface area contributed by atoms with Crippen LogP contribution in [0.3, 0.4) is 0 Å². The summed E-state index contributed by atoms with van der Waals surface area (Å²) >= 11 is 0. The average molecular weight is 256 g/mol. The van der Waals surface area contributed by atoms with E-state index >= 15 is 0 Å². The van der Waals surface area contributed by atoms with E-state index in [1.54, 1.807) is 0 Å². The van der Waals surface area contributed by atoms with E-state index in [9.17, 15) is 17.6 Å². The van der Waals surface area contributed by atoms with Crippen LogP contribution in [0.2, 0.25) is 0 Å². The number of nitrogens with two attached hydrogens (primary N) is 1. The third kappa shape index (κ3) is 2.27. The zero-order valence-corrected chi connectivity index (χ0v) is 9.00. The van der Waals surface area contributed by atoms with Crippen LogP contribution < -0.4 is 5.73 Å². The molecule has 2 N–H and O–H groups in total. The number of hydrogen-bond donors (Lipinski definition) is 1. The molecular formula is C12H8F4N2. The summed E-state index contributed by atoms with van der Waals surface area (Å²) in [6, 6.07) is 4.45. The Kier molecular flexibility index (Phi) is 2.94. The van der Waals surface area contributed by atoms with E-state index < -0.39 is 17.6 Å². The van der Waals surface area contributed by atoms with Gasteiger partial charge in [0.15, 0.2) is 0 Å². The molecule has 2 aromatic rings. The van der Waals surface area contributed by atoms with Gasteiger partial charge in [0, 0.05) is 23.5 Å². The average Bonchev–Trinajstić information content (AvgIpc) is 2.27. The number of hydrogen-bond acceptors (Lipinski definition) is 2. The van der Waals surface area contributed by atoms with Gasteiger partial charge in [-0.15, -0.1) is 0 Å². The predicted octanol–water partition coefficient (Wildman–Crippen LogP) is 3.49.